The Morgan fingerprint density at radius 1 is 1.32 bits per heavy atom. The van der Waals surface area contributed by atoms with Crippen molar-refractivity contribution in [3.05, 3.63) is 35.9 Å². The Balaban J connectivity index is 1.75. The Morgan fingerprint density at radius 3 is 2.73 bits per heavy atom. The highest BCUT2D eigenvalue weighted by Crippen LogP contribution is 2.26. The number of nitrogens with one attached hydrogen (secondary N) is 1. The Kier molecular flexibility index (Phi) is 5.97. The molecule has 1 heterocycles. The van der Waals surface area contributed by atoms with Crippen LogP contribution in [0.4, 0.5) is 0 Å². The van der Waals surface area contributed by atoms with E-state index in [9.17, 15) is 13.2 Å². The third-order valence-electron chi connectivity index (χ3n) is 3.92. The van der Waals surface area contributed by atoms with Crippen LogP contribution in [0.2, 0.25) is 0 Å². The fourth-order valence-corrected chi connectivity index (χ4v) is 3.48. The minimum Gasteiger partial charge on any atom is -0.354 e. The standard InChI is InChI=1S/C16H24N2O3S/c1-22(20,21)13-16(19)17-9-11-18-10-5-8-15(12-18)14-6-3-2-4-7-14/h2-4,6-7,15H,5,8-13H2,1H3,(H,17,19)/t15-/m1/s1. The predicted octanol–water partition coefficient (Wildman–Crippen LogP) is 1.03. The number of sulfone groups is 1. The van der Waals surface area contributed by atoms with Crippen LogP contribution < -0.4 is 5.32 Å². The fourth-order valence-electron chi connectivity index (χ4n) is 2.90. The molecule has 122 valence electrons. The van der Waals surface area contributed by atoms with Gasteiger partial charge in [-0.15, -0.1) is 0 Å². The summed E-state index contributed by atoms with van der Waals surface area (Å²) in [5.41, 5.74) is 1.37. The lowest BCUT2D eigenvalue weighted by Gasteiger charge is -2.33. The molecule has 0 radical (unpaired) electrons. The SMILES string of the molecule is CS(=O)(=O)CC(=O)NCCN1CCC[C@@H](c2ccccc2)C1. The molecule has 1 N–H and O–H groups in total. The Labute approximate surface area is 132 Å². The number of nitrogens with zero attached hydrogens (tertiary/aromatic N) is 1. The average Bonchev–Trinajstić information content (AvgIpc) is 2.47. The number of amides is 1. The van der Waals surface area contributed by atoms with Gasteiger partial charge in [0.15, 0.2) is 9.84 Å². The molecule has 1 aliphatic heterocycles. The number of hydrogen-bond donors (Lipinski definition) is 1. The van der Waals surface area contributed by atoms with E-state index in [1.54, 1.807) is 0 Å². The lowest BCUT2D eigenvalue weighted by molar-refractivity contribution is -0.118. The van der Waals surface area contributed by atoms with Crippen molar-refractivity contribution < 1.29 is 13.2 Å². The maximum Gasteiger partial charge on any atom is 0.235 e. The molecule has 0 unspecified atom stereocenters. The minimum atomic E-state index is -3.25. The van der Waals surface area contributed by atoms with E-state index in [1.807, 2.05) is 6.07 Å². The molecule has 2 rings (SSSR count). The normalized spacial score (nSPS) is 19.8. The highest BCUT2D eigenvalue weighted by molar-refractivity contribution is 7.91. The number of carbonyl (C=O) groups is 1. The van der Waals surface area contributed by atoms with Gasteiger partial charge in [0.2, 0.25) is 5.91 Å². The summed E-state index contributed by atoms with van der Waals surface area (Å²) >= 11 is 0. The number of piperidine rings is 1. The second kappa shape index (κ2) is 7.74. The summed E-state index contributed by atoms with van der Waals surface area (Å²) in [6.45, 7) is 3.28. The van der Waals surface area contributed by atoms with E-state index in [0.717, 1.165) is 32.3 Å². The van der Waals surface area contributed by atoms with Gasteiger partial charge in [0.05, 0.1) is 0 Å². The lowest BCUT2D eigenvalue weighted by atomic mass is 9.91. The molecule has 22 heavy (non-hydrogen) atoms. The smallest absolute Gasteiger partial charge is 0.235 e. The second-order valence-corrected chi connectivity index (χ2v) is 8.11. The van der Waals surface area contributed by atoms with E-state index < -0.39 is 21.5 Å². The molecule has 0 spiro atoms. The van der Waals surface area contributed by atoms with Crippen molar-refractivity contribution in [2.24, 2.45) is 0 Å². The van der Waals surface area contributed by atoms with Gasteiger partial charge in [-0.3, -0.25) is 4.79 Å². The third-order valence-corrected chi connectivity index (χ3v) is 4.71. The summed E-state index contributed by atoms with van der Waals surface area (Å²) < 4.78 is 22.1. The van der Waals surface area contributed by atoms with Gasteiger partial charge >= 0.3 is 0 Å². The Bertz CT molecular complexity index is 587. The van der Waals surface area contributed by atoms with Crippen molar-refractivity contribution >= 4 is 15.7 Å². The van der Waals surface area contributed by atoms with Crippen LogP contribution in [0.5, 0.6) is 0 Å². The van der Waals surface area contributed by atoms with Crippen LogP contribution in [0.1, 0.15) is 24.3 Å². The molecular formula is C16H24N2O3S. The molecule has 0 saturated carbocycles. The van der Waals surface area contributed by atoms with E-state index >= 15 is 0 Å². The van der Waals surface area contributed by atoms with Crippen molar-refractivity contribution in [2.75, 3.05) is 38.2 Å². The number of hydrogen-bond acceptors (Lipinski definition) is 4. The van der Waals surface area contributed by atoms with Crippen molar-refractivity contribution in [1.82, 2.24) is 10.2 Å². The molecule has 1 amide bonds. The quantitative estimate of drug-likeness (QED) is 0.849. The van der Waals surface area contributed by atoms with E-state index in [2.05, 4.69) is 34.5 Å². The van der Waals surface area contributed by atoms with E-state index in [1.165, 1.54) is 12.0 Å². The summed E-state index contributed by atoms with van der Waals surface area (Å²) in [6, 6.07) is 10.5. The summed E-state index contributed by atoms with van der Waals surface area (Å²) in [5.74, 6) is -0.305. The molecule has 1 aromatic rings. The van der Waals surface area contributed by atoms with Crippen molar-refractivity contribution in [3.63, 3.8) is 0 Å². The summed E-state index contributed by atoms with van der Waals surface area (Å²) in [6.07, 6.45) is 3.42. The number of benzene rings is 1. The minimum absolute atomic E-state index is 0.417. The van der Waals surface area contributed by atoms with Crippen molar-refractivity contribution in [3.8, 4) is 0 Å². The molecule has 0 bridgehead atoms. The van der Waals surface area contributed by atoms with Gasteiger partial charge in [-0.1, -0.05) is 30.3 Å². The van der Waals surface area contributed by atoms with Gasteiger partial charge in [-0.2, -0.15) is 0 Å². The highest BCUT2D eigenvalue weighted by atomic mass is 32.2. The number of carbonyl (C=O) groups excluding carboxylic acids is 1. The van der Waals surface area contributed by atoms with Crippen LogP contribution in [0.15, 0.2) is 30.3 Å². The van der Waals surface area contributed by atoms with Crippen molar-refractivity contribution in [2.45, 2.75) is 18.8 Å². The first kappa shape index (κ1) is 17.0. The van der Waals surface area contributed by atoms with Gasteiger partial charge in [0.1, 0.15) is 5.75 Å². The zero-order chi connectivity index (χ0) is 16.0. The predicted molar refractivity (Wildman–Crippen MR) is 87.6 cm³/mol. The summed E-state index contributed by atoms with van der Waals surface area (Å²) in [4.78, 5) is 13.8. The molecule has 1 saturated heterocycles. The first-order valence-corrected chi connectivity index (χ1v) is 9.72. The topological polar surface area (TPSA) is 66.5 Å². The maximum absolute atomic E-state index is 11.5. The lowest BCUT2D eigenvalue weighted by Crippen LogP contribution is -2.41. The molecule has 0 aliphatic carbocycles. The first-order valence-electron chi connectivity index (χ1n) is 7.66. The maximum atomic E-state index is 11.5. The van der Waals surface area contributed by atoms with Crippen LogP contribution in [0.3, 0.4) is 0 Å². The van der Waals surface area contributed by atoms with Crippen LogP contribution >= 0.6 is 0 Å². The third kappa shape index (κ3) is 5.77. The molecule has 5 nitrogen and oxygen atoms in total. The van der Waals surface area contributed by atoms with Crippen molar-refractivity contribution in [1.29, 1.82) is 0 Å². The van der Waals surface area contributed by atoms with Crippen LogP contribution in [-0.2, 0) is 14.6 Å². The van der Waals surface area contributed by atoms with Crippen LogP contribution in [0.25, 0.3) is 0 Å². The van der Waals surface area contributed by atoms with Gasteiger partial charge in [-0.25, -0.2) is 8.42 Å². The summed E-state index contributed by atoms with van der Waals surface area (Å²) in [5, 5.41) is 2.68. The number of likely N-dealkylation sites (tertiary alicyclic amines) is 1. The molecular weight excluding hydrogens is 300 g/mol. The van der Waals surface area contributed by atoms with Gasteiger partial charge in [0.25, 0.3) is 0 Å². The van der Waals surface area contributed by atoms with Gasteiger partial charge in [-0.05, 0) is 30.9 Å². The van der Waals surface area contributed by atoms with Gasteiger partial charge < -0.3 is 10.2 Å². The highest BCUT2D eigenvalue weighted by Gasteiger charge is 2.21. The Morgan fingerprint density at radius 2 is 2.05 bits per heavy atom. The molecule has 1 aliphatic rings. The van der Waals surface area contributed by atoms with Crippen LogP contribution in [0, 0.1) is 0 Å². The second-order valence-electron chi connectivity index (χ2n) is 5.97. The fraction of sp³-hybridized carbons (Fsp3) is 0.562. The molecule has 6 heteroatoms. The summed E-state index contributed by atoms with van der Waals surface area (Å²) in [7, 11) is -3.25. The first-order chi connectivity index (χ1) is 10.4. The Hall–Kier alpha value is -1.40. The van der Waals surface area contributed by atoms with Gasteiger partial charge in [0, 0.05) is 25.9 Å². The zero-order valence-corrected chi connectivity index (χ0v) is 13.8. The average molecular weight is 324 g/mol. The molecule has 1 aromatic carbocycles. The largest absolute Gasteiger partial charge is 0.354 e. The number of rotatable bonds is 6. The van der Waals surface area contributed by atoms with E-state index in [4.69, 9.17) is 0 Å². The molecule has 1 atom stereocenters. The van der Waals surface area contributed by atoms with E-state index in [0.29, 0.717) is 12.5 Å². The monoisotopic (exact) mass is 324 g/mol. The molecule has 1 fully saturated rings. The zero-order valence-electron chi connectivity index (χ0n) is 13.0. The van der Waals surface area contributed by atoms with E-state index in [-0.39, 0.29) is 0 Å². The van der Waals surface area contributed by atoms with Crippen LogP contribution in [-0.4, -0.2) is 57.4 Å². The molecule has 0 aromatic heterocycles.